The minimum atomic E-state index is -0.0526. The number of fused-ring (bicyclic) bond motifs is 3. The number of rotatable bonds is 10. The van der Waals surface area contributed by atoms with Crippen molar-refractivity contribution in [3.8, 4) is 0 Å². The largest absolute Gasteiger partial charge is 0.384 e. The zero-order valence-electron chi connectivity index (χ0n) is 22.9. The van der Waals surface area contributed by atoms with Crippen LogP contribution < -0.4 is 10.6 Å². The molecular weight excluding hydrogens is 504 g/mol. The summed E-state index contributed by atoms with van der Waals surface area (Å²) < 4.78 is 1.06. The topological polar surface area (TPSA) is 64.7 Å². The first-order valence-corrected chi connectivity index (χ1v) is 15.8. The Morgan fingerprint density at radius 1 is 0.667 bits per heavy atom. The lowest BCUT2D eigenvalue weighted by atomic mass is 9.81. The lowest BCUT2D eigenvalue weighted by Gasteiger charge is -2.28. The van der Waals surface area contributed by atoms with Crippen molar-refractivity contribution < 1.29 is 9.59 Å². The second kappa shape index (κ2) is 12.2. The highest BCUT2D eigenvalue weighted by atomic mass is 32.1. The monoisotopic (exact) mass is 544 g/mol. The number of thiophene rings is 1. The number of nitrogens with one attached hydrogen (secondary N) is 2. The molecule has 0 saturated carbocycles. The van der Waals surface area contributed by atoms with Crippen molar-refractivity contribution in [3.05, 3.63) is 58.0 Å². The first-order chi connectivity index (χ1) is 19.2. The highest BCUT2D eigenvalue weighted by Crippen LogP contribution is 2.45. The van der Waals surface area contributed by atoms with Gasteiger partial charge < -0.3 is 20.4 Å². The molecule has 1 aromatic heterocycles. The van der Waals surface area contributed by atoms with Crippen molar-refractivity contribution in [2.45, 2.75) is 51.4 Å². The maximum atomic E-state index is 14.0. The minimum Gasteiger partial charge on any atom is -0.384 e. The fraction of sp³-hybridized carbons (Fsp3) is 0.500. The standard InChI is InChI=1S/C32H40N4O2S/c37-30-23-11-3-4-12-24(23)31(38)27-26(30)28(33-14-9-20-35-16-5-1-6-17-35)25-13-22-39-32(25)29(27)34-15-10-21-36-18-7-2-8-19-36/h3-4,11-13,22,33-34H,1-2,5-10,14-21H2. The van der Waals surface area contributed by atoms with Crippen molar-refractivity contribution in [1.29, 1.82) is 0 Å². The van der Waals surface area contributed by atoms with Crippen molar-refractivity contribution in [3.63, 3.8) is 0 Å². The van der Waals surface area contributed by atoms with Crippen LogP contribution in [0.3, 0.4) is 0 Å². The first kappa shape index (κ1) is 26.5. The van der Waals surface area contributed by atoms with Crippen molar-refractivity contribution in [1.82, 2.24) is 9.80 Å². The summed E-state index contributed by atoms with van der Waals surface area (Å²) in [6.45, 7) is 8.43. The highest BCUT2D eigenvalue weighted by molar-refractivity contribution is 7.18. The Morgan fingerprint density at radius 2 is 1.18 bits per heavy atom. The summed E-state index contributed by atoms with van der Waals surface area (Å²) in [5.41, 5.74) is 3.77. The molecule has 0 radical (unpaired) electrons. The van der Waals surface area contributed by atoms with E-state index >= 15 is 0 Å². The number of hydrogen-bond acceptors (Lipinski definition) is 7. The second-order valence-corrected chi connectivity index (χ2v) is 12.1. The number of piperidine rings is 2. The van der Waals surface area contributed by atoms with E-state index in [2.05, 4.69) is 31.9 Å². The van der Waals surface area contributed by atoms with E-state index < -0.39 is 0 Å². The van der Waals surface area contributed by atoms with E-state index in [4.69, 9.17) is 0 Å². The molecule has 0 bridgehead atoms. The summed E-state index contributed by atoms with van der Waals surface area (Å²) in [7, 11) is 0. The summed E-state index contributed by atoms with van der Waals surface area (Å²) in [6.07, 6.45) is 9.86. The predicted octanol–water partition coefficient (Wildman–Crippen LogP) is 6.25. The maximum absolute atomic E-state index is 14.0. The molecule has 0 unspecified atom stereocenters. The summed E-state index contributed by atoms with van der Waals surface area (Å²) in [4.78, 5) is 33.0. The van der Waals surface area contributed by atoms with Gasteiger partial charge >= 0.3 is 0 Å². The molecule has 0 spiro atoms. The molecule has 2 N–H and O–H groups in total. The van der Waals surface area contributed by atoms with Gasteiger partial charge in [-0.1, -0.05) is 37.1 Å². The van der Waals surface area contributed by atoms with Crippen LogP contribution in [0.15, 0.2) is 35.7 Å². The summed E-state index contributed by atoms with van der Waals surface area (Å²) in [5.74, 6) is -0.103. The molecule has 2 aromatic carbocycles. The van der Waals surface area contributed by atoms with Gasteiger partial charge in [-0.3, -0.25) is 9.59 Å². The number of ketones is 2. The van der Waals surface area contributed by atoms with Gasteiger partial charge in [0.15, 0.2) is 11.6 Å². The summed E-state index contributed by atoms with van der Waals surface area (Å²) in [5, 5.41) is 10.4. The van der Waals surface area contributed by atoms with Crippen molar-refractivity contribution in [2.75, 3.05) is 63.0 Å². The van der Waals surface area contributed by atoms with Crippen LogP contribution in [0, 0.1) is 0 Å². The smallest absolute Gasteiger partial charge is 0.196 e. The Balaban J connectivity index is 1.29. The number of anilines is 2. The Hall–Kier alpha value is -2.74. The Kier molecular flexibility index (Phi) is 8.28. The van der Waals surface area contributed by atoms with E-state index in [0.717, 1.165) is 60.5 Å². The molecule has 6 rings (SSSR count). The molecule has 39 heavy (non-hydrogen) atoms. The minimum absolute atomic E-state index is 0.0506. The summed E-state index contributed by atoms with van der Waals surface area (Å²) >= 11 is 1.65. The molecule has 206 valence electrons. The normalized spacial score (nSPS) is 18.3. The lowest BCUT2D eigenvalue weighted by Crippen LogP contribution is -2.31. The van der Waals surface area contributed by atoms with Crippen LogP contribution in [0.2, 0.25) is 0 Å². The second-order valence-electron chi connectivity index (χ2n) is 11.2. The van der Waals surface area contributed by atoms with Gasteiger partial charge in [-0.05, 0) is 89.2 Å². The number of nitrogens with zero attached hydrogens (tertiary/aromatic N) is 2. The molecule has 0 atom stereocenters. The average molecular weight is 545 g/mol. The molecule has 3 aromatic rings. The van der Waals surface area contributed by atoms with Crippen LogP contribution in [-0.2, 0) is 0 Å². The van der Waals surface area contributed by atoms with E-state index in [0.29, 0.717) is 22.3 Å². The van der Waals surface area contributed by atoms with E-state index in [1.54, 1.807) is 23.5 Å². The molecule has 3 aliphatic rings. The van der Waals surface area contributed by atoms with E-state index in [1.807, 2.05) is 12.1 Å². The van der Waals surface area contributed by atoms with Crippen molar-refractivity contribution >= 4 is 44.4 Å². The van der Waals surface area contributed by atoms with Gasteiger partial charge in [0.1, 0.15) is 0 Å². The van der Waals surface area contributed by atoms with Gasteiger partial charge in [0.25, 0.3) is 0 Å². The third kappa shape index (κ3) is 5.49. The number of carbonyl (C=O) groups is 2. The van der Waals surface area contributed by atoms with Gasteiger partial charge in [-0.15, -0.1) is 11.3 Å². The van der Waals surface area contributed by atoms with Gasteiger partial charge in [-0.2, -0.15) is 0 Å². The molecular formula is C32H40N4O2S. The molecule has 6 nitrogen and oxygen atoms in total. The van der Waals surface area contributed by atoms with Gasteiger partial charge in [-0.25, -0.2) is 0 Å². The Morgan fingerprint density at radius 3 is 1.74 bits per heavy atom. The molecule has 3 heterocycles. The quantitative estimate of drug-likeness (QED) is 0.182. The SMILES string of the molecule is O=C1c2ccccc2C(=O)c2c1c(NCCCN1CCCCC1)c1ccsc1c2NCCCN1CCCCC1. The third-order valence-electron chi connectivity index (χ3n) is 8.59. The van der Waals surface area contributed by atoms with Crippen LogP contribution in [-0.4, -0.2) is 73.7 Å². The van der Waals surface area contributed by atoms with Crippen LogP contribution in [0.1, 0.15) is 83.2 Å². The zero-order valence-corrected chi connectivity index (χ0v) is 23.7. The predicted molar refractivity (Wildman–Crippen MR) is 162 cm³/mol. The lowest BCUT2D eigenvalue weighted by molar-refractivity contribution is 0.0980. The Labute approximate surface area is 235 Å². The summed E-state index contributed by atoms with van der Waals surface area (Å²) in [6, 6.07) is 9.39. The molecule has 2 fully saturated rings. The van der Waals surface area contributed by atoms with Crippen LogP contribution >= 0.6 is 11.3 Å². The van der Waals surface area contributed by atoms with Gasteiger partial charge in [0.05, 0.1) is 27.2 Å². The van der Waals surface area contributed by atoms with Crippen LogP contribution in [0.5, 0.6) is 0 Å². The fourth-order valence-electron chi connectivity index (χ4n) is 6.55. The van der Waals surface area contributed by atoms with E-state index in [1.165, 1.54) is 64.7 Å². The van der Waals surface area contributed by atoms with Crippen LogP contribution in [0.4, 0.5) is 11.4 Å². The third-order valence-corrected chi connectivity index (χ3v) is 9.52. The molecule has 1 aliphatic carbocycles. The fourth-order valence-corrected chi connectivity index (χ4v) is 7.48. The van der Waals surface area contributed by atoms with Crippen molar-refractivity contribution in [2.24, 2.45) is 0 Å². The maximum Gasteiger partial charge on any atom is 0.196 e. The molecule has 0 amide bonds. The number of benzene rings is 2. The average Bonchev–Trinajstić information content (AvgIpc) is 3.47. The van der Waals surface area contributed by atoms with Gasteiger partial charge in [0, 0.05) is 29.6 Å². The Bertz CT molecular complexity index is 1240. The van der Waals surface area contributed by atoms with Crippen LogP contribution in [0.25, 0.3) is 10.1 Å². The molecule has 2 aliphatic heterocycles. The zero-order chi connectivity index (χ0) is 26.6. The number of hydrogen-bond donors (Lipinski definition) is 2. The van der Waals surface area contributed by atoms with E-state index in [9.17, 15) is 9.59 Å². The number of likely N-dealkylation sites (tertiary alicyclic amines) is 2. The molecule has 2 saturated heterocycles. The molecule has 7 heteroatoms. The van der Waals surface area contributed by atoms with Gasteiger partial charge in [0.2, 0.25) is 0 Å². The first-order valence-electron chi connectivity index (χ1n) is 14.9. The highest BCUT2D eigenvalue weighted by Gasteiger charge is 2.36. The van der Waals surface area contributed by atoms with E-state index in [-0.39, 0.29) is 11.6 Å². The number of carbonyl (C=O) groups excluding carboxylic acids is 2.